The van der Waals surface area contributed by atoms with Gasteiger partial charge in [-0.1, -0.05) is 39.1 Å². The molecule has 0 N–H and O–H groups in total. The number of hydrogen-bond donors (Lipinski definition) is 0. The summed E-state index contributed by atoms with van der Waals surface area (Å²) in [7, 11) is 0. The number of rotatable bonds is 1. The lowest BCUT2D eigenvalue weighted by Crippen LogP contribution is -2.16. The van der Waals surface area contributed by atoms with Crippen molar-refractivity contribution in [3.05, 3.63) is 17.2 Å². The van der Waals surface area contributed by atoms with Crippen LogP contribution < -0.4 is 0 Å². The molecule has 2 rings (SSSR count). The van der Waals surface area contributed by atoms with Crippen molar-refractivity contribution < 1.29 is 4.39 Å². The minimum absolute atomic E-state index is 0.0583. The van der Waals surface area contributed by atoms with Gasteiger partial charge in [-0.25, -0.2) is 4.98 Å². The predicted molar refractivity (Wildman–Crippen MR) is 68.0 cm³/mol. The molecular formula is C12H16FN3S. The monoisotopic (exact) mass is 253 g/mol. The van der Waals surface area contributed by atoms with Crippen LogP contribution in [0.1, 0.15) is 51.8 Å². The van der Waals surface area contributed by atoms with E-state index < -0.39 is 5.95 Å². The predicted octanol–water partition coefficient (Wildman–Crippen LogP) is 3.65. The molecule has 0 radical (unpaired) electrons. The third kappa shape index (κ3) is 2.04. The van der Waals surface area contributed by atoms with Gasteiger partial charge in [0.15, 0.2) is 0 Å². The van der Waals surface area contributed by atoms with Crippen molar-refractivity contribution >= 4 is 21.7 Å². The highest BCUT2D eigenvalue weighted by atomic mass is 32.1. The Morgan fingerprint density at radius 2 is 1.88 bits per heavy atom. The van der Waals surface area contributed by atoms with E-state index >= 15 is 0 Å². The zero-order chi connectivity index (χ0) is 12.8. The van der Waals surface area contributed by atoms with Gasteiger partial charge in [-0.15, -0.1) is 5.10 Å². The lowest BCUT2D eigenvalue weighted by atomic mass is 9.90. The van der Waals surface area contributed by atoms with Crippen molar-refractivity contribution in [2.45, 2.75) is 46.0 Å². The molecule has 3 nitrogen and oxygen atoms in total. The van der Waals surface area contributed by atoms with Crippen LogP contribution in [0.15, 0.2) is 0 Å². The summed E-state index contributed by atoms with van der Waals surface area (Å²) in [6, 6.07) is 0. The Labute approximate surface area is 104 Å². The molecule has 17 heavy (non-hydrogen) atoms. The first kappa shape index (κ1) is 12.4. The number of fused-ring (bicyclic) bond motifs is 1. The highest BCUT2D eigenvalue weighted by molar-refractivity contribution is 7.13. The fraction of sp³-hybridized carbons (Fsp3) is 0.583. The Balaban J connectivity index is 2.84. The number of halogens is 1. The van der Waals surface area contributed by atoms with Crippen LogP contribution in [-0.4, -0.2) is 14.6 Å². The minimum Gasteiger partial charge on any atom is -0.222 e. The Kier molecular flexibility index (Phi) is 2.89. The maximum absolute atomic E-state index is 14.1. The second-order valence-electron chi connectivity index (χ2n) is 5.52. The summed E-state index contributed by atoms with van der Waals surface area (Å²) in [5, 5.41) is 4.06. The molecule has 0 saturated heterocycles. The molecule has 0 aliphatic carbocycles. The lowest BCUT2D eigenvalue weighted by Gasteiger charge is -2.19. The number of pyridine rings is 1. The van der Waals surface area contributed by atoms with Crippen molar-refractivity contribution in [1.29, 1.82) is 0 Å². The summed E-state index contributed by atoms with van der Waals surface area (Å²) in [5.41, 5.74) is 1.77. The van der Waals surface area contributed by atoms with Crippen molar-refractivity contribution in [1.82, 2.24) is 14.6 Å². The van der Waals surface area contributed by atoms with Gasteiger partial charge < -0.3 is 0 Å². The molecular weight excluding hydrogens is 237 g/mol. The van der Waals surface area contributed by atoms with E-state index in [0.717, 1.165) is 10.4 Å². The summed E-state index contributed by atoms with van der Waals surface area (Å²) >= 11 is 1.29. The Morgan fingerprint density at radius 1 is 1.24 bits per heavy atom. The van der Waals surface area contributed by atoms with Gasteiger partial charge in [0, 0.05) is 11.0 Å². The van der Waals surface area contributed by atoms with E-state index in [9.17, 15) is 4.39 Å². The molecule has 2 aromatic rings. The number of aromatic nitrogens is 3. The molecule has 2 aromatic heterocycles. The van der Waals surface area contributed by atoms with Gasteiger partial charge in [-0.05, 0) is 17.5 Å². The van der Waals surface area contributed by atoms with Crippen LogP contribution in [0.5, 0.6) is 0 Å². The van der Waals surface area contributed by atoms with Gasteiger partial charge in [0.05, 0.1) is 10.4 Å². The Bertz CT molecular complexity index is 555. The molecule has 0 aliphatic heterocycles. The van der Waals surface area contributed by atoms with Gasteiger partial charge in [-0.2, -0.15) is 4.39 Å². The first-order chi connectivity index (χ1) is 7.82. The molecule has 0 aliphatic rings. The standard InChI is InChI=1S/C12H16FN3S/c1-6(2)7-8-9(17-16-15-8)10(12(3,4)5)14-11(7)13/h6H,1-5H3. The van der Waals surface area contributed by atoms with Crippen LogP contribution in [0.3, 0.4) is 0 Å². The SMILES string of the molecule is CC(C)c1c(F)nc(C(C)(C)C)c2snnc12. The summed E-state index contributed by atoms with van der Waals surface area (Å²) in [4.78, 5) is 4.13. The Morgan fingerprint density at radius 3 is 2.41 bits per heavy atom. The van der Waals surface area contributed by atoms with E-state index in [1.54, 1.807) is 0 Å². The zero-order valence-corrected chi connectivity index (χ0v) is 11.5. The molecule has 0 fully saturated rings. The number of nitrogens with zero attached hydrogens (tertiary/aromatic N) is 3. The smallest absolute Gasteiger partial charge is 0.218 e. The first-order valence-corrected chi connectivity index (χ1v) is 6.41. The third-order valence-corrected chi connectivity index (χ3v) is 3.41. The molecule has 5 heteroatoms. The van der Waals surface area contributed by atoms with E-state index in [1.165, 1.54) is 11.5 Å². The van der Waals surface area contributed by atoms with Crippen molar-refractivity contribution in [3.63, 3.8) is 0 Å². The average molecular weight is 253 g/mol. The molecule has 0 saturated carbocycles. The Hall–Kier alpha value is -1.10. The van der Waals surface area contributed by atoms with Gasteiger partial charge in [0.2, 0.25) is 5.95 Å². The summed E-state index contributed by atoms with van der Waals surface area (Å²) in [6.45, 7) is 9.93. The van der Waals surface area contributed by atoms with Crippen LogP contribution in [0.4, 0.5) is 4.39 Å². The topological polar surface area (TPSA) is 38.7 Å². The van der Waals surface area contributed by atoms with Crippen LogP contribution in [0.25, 0.3) is 10.2 Å². The van der Waals surface area contributed by atoms with E-state index in [2.05, 4.69) is 14.6 Å². The second kappa shape index (κ2) is 3.98. The molecule has 2 heterocycles. The van der Waals surface area contributed by atoms with Gasteiger partial charge >= 0.3 is 0 Å². The fourth-order valence-corrected chi connectivity index (χ4v) is 2.73. The summed E-state index contributed by atoms with van der Waals surface area (Å²) < 4.78 is 18.9. The van der Waals surface area contributed by atoms with Crippen molar-refractivity contribution in [2.75, 3.05) is 0 Å². The van der Waals surface area contributed by atoms with Crippen LogP contribution in [0.2, 0.25) is 0 Å². The third-order valence-electron chi connectivity index (χ3n) is 2.68. The largest absolute Gasteiger partial charge is 0.222 e. The molecule has 0 amide bonds. The van der Waals surface area contributed by atoms with E-state index in [1.807, 2.05) is 34.6 Å². The quantitative estimate of drug-likeness (QED) is 0.728. The highest BCUT2D eigenvalue weighted by Crippen LogP contribution is 2.34. The molecule has 0 aromatic carbocycles. The maximum atomic E-state index is 14.1. The maximum Gasteiger partial charge on any atom is 0.218 e. The normalized spacial score (nSPS) is 12.6. The zero-order valence-electron chi connectivity index (χ0n) is 10.7. The van der Waals surface area contributed by atoms with Crippen LogP contribution >= 0.6 is 11.5 Å². The fourth-order valence-electron chi connectivity index (χ4n) is 1.85. The lowest BCUT2D eigenvalue weighted by molar-refractivity contribution is 0.517. The van der Waals surface area contributed by atoms with Crippen molar-refractivity contribution in [2.24, 2.45) is 0 Å². The van der Waals surface area contributed by atoms with Gasteiger partial charge in [0.25, 0.3) is 0 Å². The van der Waals surface area contributed by atoms with Gasteiger partial charge in [0.1, 0.15) is 5.52 Å². The molecule has 92 valence electrons. The number of hydrogen-bond acceptors (Lipinski definition) is 4. The molecule has 0 spiro atoms. The molecule has 0 unspecified atom stereocenters. The molecule has 0 bridgehead atoms. The summed E-state index contributed by atoms with van der Waals surface area (Å²) in [6.07, 6.45) is 0. The minimum atomic E-state index is -0.412. The van der Waals surface area contributed by atoms with E-state index in [0.29, 0.717) is 11.1 Å². The average Bonchev–Trinajstić information content (AvgIpc) is 2.61. The van der Waals surface area contributed by atoms with Crippen molar-refractivity contribution in [3.8, 4) is 0 Å². The van der Waals surface area contributed by atoms with E-state index in [-0.39, 0.29) is 11.3 Å². The molecule has 0 atom stereocenters. The van der Waals surface area contributed by atoms with Crippen LogP contribution in [-0.2, 0) is 5.41 Å². The highest BCUT2D eigenvalue weighted by Gasteiger charge is 2.26. The first-order valence-electron chi connectivity index (χ1n) is 5.64. The van der Waals surface area contributed by atoms with Gasteiger partial charge in [-0.3, -0.25) is 0 Å². The van der Waals surface area contributed by atoms with E-state index in [4.69, 9.17) is 0 Å². The summed E-state index contributed by atoms with van der Waals surface area (Å²) in [5.74, 6) is -0.354. The second-order valence-corrected chi connectivity index (χ2v) is 6.27. The van der Waals surface area contributed by atoms with Crippen LogP contribution in [0, 0.1) is 5.95 Å².